The summed E-state index contributed by atoms with van der Waals surface area (Å²) in [5.74, 6) is 2.77. The largest absolute Gasteiger partial charge is 0.454 e. The van der Waals surface area contributed by atoms with Crippen LogP contribution >= 0.6 is 0 Å². The number of fused-ring (bicyclic) bond motifs is 1. The van der Waals surface area contributed by atoms with E-state index in [1.165, 1.54) is 0 Å². The molecule has 144 valence electrons. The molecule has 0 spiro atoms. The summed E-state index contributed by atoms with van der Waals surface area (Å²) in [4.78, 5) is 14.4. The standard InChI is InChI=1S/C19H18N4O5/c1-11-7-14(22-28-11)19(24)23-6-2-3-13(9-23)18-21-20-17(27-18)12-4-5-15-16(8-12)26-10-25-15/h4-5,7-8,13H,2-3,6,9-10H2,1H3. The van der Waals surface area contributed by atoms with Gasteiger partial charge < -0.3 is 23.3 Å². The van der Waals surface area contributed by atoms with Crippen molar-refractivity contribution in [3.63, 3.8) is 0 Å². The number of rotatable bonds is 3. The molecule has 9 heteroatoms. The van der Waals surface area contributed by atoms with Crippen LogP contribution in [-0.2, 0) is 0 Å². The van der Waals surface area contributed by atoms with Crippen LogP contribution in [0.3, 0.4) is 0 Å². The van der Waals surface area contributed by atoms with Gasteiger partial charge in [-0.2, -0.15) is 0 Å². The van der Waals surface area contributed by atoms with Crippen LogP contribution in [-0.4, -0.2) is 46.0 Å². The average molecular weight is 382 g/mol. The van der Waals surface area contributed by atoms with Crippen LogP contribution in [0.15, 0.2) is 33.2 Å². The Bertz CT molecular complexity index is 1030. The first-order valence-corrected chi connectivity index (χ1v) is 9.13. The van der Waals surface area contributed by atoms with Gasteiger partial charge in [-0.25, -0.2) is 0 Å². The lowest BCUT2D eigenvalue weighted by Crippen LogP contribution is -2.39. The lowest BCUT2D eigenvalue weighted by atomic mass is 9.98. The van der Waals surface area contributed by atoms with Crippen LogP contribution in [0, 0.1) is 6.92 Å². The van der Waals surface area contributed by atoms with Crippen molar-refractivity contribution >= 4 is 5.91 Å². The summed E-state index contributed by atoms with van der Waals surface area (Å²) < 4.78 is 21.7. The smallest absolute Gasteiger partial charge is 0.276 e. The molecule has 0 bridgehead atoms. The van der Waals surface area contributed by atoms with Gasteiger partial charge in [-0.15, -0.1) is 10.2 Å². The van der Waals surface area contributed by atoms with E-state index in [2.05, 4.69) is 15.4 Å². The number of piperidine rings is 1. The molecule has 2 aliphatic rings. The maximum atomic E-state index is 12.6. The lowest BCUT2D eigenvalue weighted by molar-refractivity contribution is 0.0688. The Morgan fingerprint density at radius 1 is 1.18 bits per heavy atom. The molecule has 0 N–H and O–H groups in total. The van der Waals surface area contributed by atoms with Crippen molar-refractivity contribution in [2.75, 3.05) is 19.9 Å². The minimum Gasteiger partial charge on any atom is -0.454 e. The van der Waals surface area contributed by atoms with Crippen molar-refractivity contribution in [2.24, 2.45) is 0 Å². The Labute approximate surface area is 160 Å². The summed E-state index contributed by atoms with van der Waals surface area (Å²) in [6, 6.07) is 7.15. The minimum absolute atomic E-state index is 0.0130. The zero-order chi connectivity index (χ0) is 19.1. The number of hydrogen-bond acceptors (Lipinski definition) is 8. The first-order chi connectivity index (χ1) is 13.7. The van der Waals surface area contributed by atoms with Crippen molar-refractivity contribution in [1.29, 1.82) is 0 Å². The van der Waals surface area contributed by atoms with Gasteiger partial charge in [-0.05, 0) is 38.0 Å². The Balaban J connectivity index is 1.33. The molecule has 4 heterocycles. The maximum absolute atomic E-state index is 12.6. The Kier molecular flexibility index (Phi) is 4.00. The molecule has 9 nitrogen and oxygen atoms in total. The molecular weight excluding hydrogens is 364 g/mol. The molecule has 1 amide bonds. The maximum Gasteiger partial charge on any atom is 0.276 e. The molecule has 1 aromatic carbocycles. The number of aryl methyl sites for hydroxylation is 1. The highest BCUT2D eigenvalue weighted by Crippen LogP contribution is 2.36. The van der Waals surface area contributed by atoms with Crippen molar-refractivity contribution in [3.05, 3.63) is 41.6 Å². The second-order valence-corrected chi connectivity index (χ2v) is 6.93. The second-order valence-electron chi connectivity index (χ2n) is 6.93. The van der Waals surface area contributed by atoms with Gasteiger partial charge in [-0.3, -0.25) is 4.79 Å². The third kappa shape index (κ3) is 2.98. The molecule has 1 atom stereocenters. The van der Waals surface area contributed by atoms with Gasteiger partial charge in [0.2, 0.25) is 18.6 Å². The van der Waals surface area contributed by atoms with Gasteiger partial charge in [0.1, 0.15) is 5.76 Å². The molecule has 2 aromatic heterocycles. The van der Waals surface area contributed by atoms with Crippen LogP contribution in [0.25, 0.3) is 11.5 Å². The first kappa shape index (κ1) is 16.8. The third-order valence-corrected chi connectivity index (χ3v) is 4.97. The molecule has 28 heavy (non-hydrogen) atoms. The molecule has 1 unspecified atom stereocenters. The number of likely N-dealkylation sites (tertiary alicyclic amines) is 1. The van der Waals surface area contributed by atoms with Gasteiger partial charge >= 0.3 is 0 Å². The van der Waals surface area contributed by atoms with E-state index >= 15 is 0 Å². The summed E-state index contributed by atoms with van der Waals surface area (Å²) in [7, 11) is 0. The van der Waals surface area contributed by atoms with E-state index in [-0.39, 0.29) is 18.6 Å². The van der Waals surface area contributed by atoms with E-state index in [4.69, 9.17) is 18.4 Å². The van der Waals surface area contributed by atoms with E-state index in [1.54, 1.807) is 17.9 Å². The number of benzene rings is 1. The summed E-state index contributed by atoms with van der Waals surface area (Å²) in [5, 5.41) is 12.2. The van der Waals surface area contributed by atoms with Crippen molar-refractivity contribution in [3.8, 4) is 23.0 Å². The minimum atomic E-state index is -0.142. The fraction of sp³-hybridized carbons (Fsp3) is 0.368. The monoisotopic (exact) mass is 382 g/mol. The summed E-state index contributed by atoms with van der Waals surface area (Å²) in [5.41, 5.74) is 1.09. The number of ether oxygens (including phenoxy) is 2. The molecule has 0 radical (unpaired) electrons. The fourth-order valence-corrected chi connectivity index (χ4v) is 3.54. The van der Waals surface area contributed by atoms with Crippen molar-refractivity contribution in [2.45, 2.75) is 25.7 Å². The van der Waals surface area contributed by atoms with E-state index < -0.39 is 0 Å². The number of hydrogen-bond donors (Lipinski definition) is 0. The molecule has 0 saturated carbocycles. The fourth-order valence-electron chi connectivity index (χ4n) is 3.54. The zero-order valence-electron chi connectivity index (χ0n) is 15.3. The number of carbonyl (C=O) groups excluding carboxylic acids is 1. The Morgan fingerprint density at radius 3 is 2.93 bits per heavy atom. The van der Waals surface area contributed by atoms with E-state index in [0.29, 0.717) is 47.8 Å². The summed E-state index contributed by atoms with van der Waals surface area (Å²) >= 11 is 0. The molecular formula is C19H18N4O5. The highest BCUT2D eigenvalue weighted by Gasteiger charge is 2.30. The Hall–Kier alpha value is -3.36. The molecule has 1 fully saturated rings. The quantitative estimate of drug-likeness (QED) is 0.681. The normalized spacial score (nSPS) is 18.5. The molecule has 0 aliphatic carbocycles. The van der Waals surface area contributed by atoms with Gasteiger partial charge in [0, 0.05) is 24.7 Å². The highest BCUT2D eigenvalue weighted by atomic mass is 16.7. The lowest BCUT2D eigenvalue weighted by Gasteiger charge is -2.30. The van der Waals surface area contributed by atoms with Gasteiger partial charge in [-0.1, -0.05) is 5.16 Å². The molecule has 5 rings (SSSR count). The van der Waals surface area contributed by atoms with Crippen LogP contribution < -0.4 is 9.47 Å². The van der Waals surface area contributed by atoms with Crippen LogP contribution in [0.5, 0.6) is 11.5 Å². The van der Waals surface area contributed by atoms with Gasteiger partial charge in [0.05, 0.1) is 5.92 Å². The average Bonchev–Trinajstić information content (AvgIpc) is 3.47. The van der Waals surface area contributed by atoms with Gasteiger partial charge in [0.15, 0.2) is 17.2 Å². The van der Waals surface area contributed by atoms with Gasteiger partial charge in [0.25, 0.3) is 5.91 Å². The second kappa shape index (κ2) is 6.66. The third-order valence-electron chi connectivity index (χ3n) is 4.97. The Morgan fingerprint density at radius 2 is 2.07 bits per heavy atom. The zero-order valence-corrected chi connectivity index (χ0v) is 15.3. The summed E-state index contributed by atoms with van der Waals surface area (Å²) in [6.07, 6.45) is 1.74. The molecule has 1 saturated heterocycles. The van der Waals surface area contributed by atoms with Crippen LogP contribution in [0.2, 0.25) is 0 Å². The number of amides is 1. The molecule has 3 aromatic rings. The SMILES string of the molecule is Cc1cc(C(=O)N2CCCC(c3nnc(-c4ccc5c(c4)OCO5)o3)C2)no1. The molecule has 2 aliphatic heterocycles. The predicted octanol–water partition coefficient (Wildman–Crippen LogP) is 2.78. The number of carbonyl (C=O) groups is 1. The predicted molar refractivity (Wildman–Crippen MR) is 95.0 cm³/mol. The van der Waals surface area contributed by atoms with E-state index in [1.807, 2.05) is 18.2 Å². The number of aromatic nitrogens is 3. The van der Waals surface area contributed by atoms with Crippen molar-refractivity contribution in [1.82, 2.24) is 20.3 Å². The number of nitrogens with zero attached hydrogens (tertiary/aromatic N) is 4. The summed E-state index contributed by atoms with van der Waals surface area (Å²) in [6.45, 7) is 3.15. The topological polar surface area (TPSA) is 104 Å². The van der Waals surface area contributed by atoms with Crippen molar-refractivity contribution < 1.29 is 23.2 Å². The van der Waals surface area contributed by atoms with Crippen LogP contribution in [0.1, 0.15) is 40.9 Å². The highest BCUT2D eigenvalue weighted by molar-refractivity contribution is 5.92. The van der Waals surface area contributed by atoms with E-state index in [9.17, 15) is 4.79 Å². The first-order valence-electron chi connectivity index (χ1n) is 9.13. The van der Waals surface area contributed by atoms with E-state index in [0.717, 1.165) is 18.4 Å². The van der Waals surface area contributed by atoms with Crippen LogP contribution in [0.4, 0.5) is 0 Å².